The Hall–Kier alpha value is -5.36. The Kier molecular flexibility index (Phi) is 7.08. The van der Waals surface area contributed by atoms with Crippen molar-refractivity contribution in [2.45, 2.75) is 23.4 Å². The summed E-state index contributed by atoms with van der Waals surface area (Å²) < 4.78 is 13.2. The molecule has 49 heavy (non-hydrogen) atoms. The van der Waals surface area contributed by atoms with Crippen molar-refractivity contribution in [1.29, 1.82) is 0 Å². The molecule has 4 nitrogen and oxygen atoms in total. The maximum absolute atomic E-state index is 13.8. The molecule has 1 saturated heterocycles. The second-order valence-corrected chi connectivity index (χ2v) is 12.9. The normalized spacial score (nSPS) is 16.9. The summed E-state index contributed by atoms with van der Waals surface area (Å²) in [5, 5.41) is 35.1. The van der Waals surface area contributed by atoms with Gasteiger partial charge in [0, 0.05) is 0 Å². The van der Waals surface area contributed by atoms with Crippen LogP contribution in [0.5, 0.6) is 0 Å². The molecular formula is C45H34O4. The molecule has 8 aromatic rings. The van der Waals surface area contributed by atoms with Crippen molar-refractivity contribution in [3.05, 3.63) is 192 Å². The van der Waals surface area contributed by atoms with Crippen LogP contribution in [0, 0.1) is 0 Å². The molecular weight excluding hydrogens is 604 g/mol. The van der Waals surface area contributed by atoms with Crippen LogP contribution in [0.2, 0.25) is 0 Å². The van der Waals surface area contributed by atoms with Gasteiger partial charge in [-0.25, -0.2) is 0 Å². The lowest BCUT2D eigenvalue weighted by Crippen LogP contribution is -2.55. The van der Waals surface area contributed by atoms with Crippen molar-refractivity contribution >= 4 is 43.1 Å². The van der Waals surface area contributed by atoms with E-state index >= 15 is 0 Å². The fourth-order valence-corrected chi connectivity index (χ4v) is 8.17. The standard InChI is InChI=1S/C45H34O4/c46-44(38-25-9-17-30-13-1-5-21-34(30)38,39-26-10-18-31-14-2-6-22-35(31)39)42-43(49-29-48-42)45(47,40-27-11-19-32-15-3-7-23-36(32)40)41-28-12-20-33-16-4-8-24-37(33)41/h1-28,42-43,46-47H,29H2/t42-,43-/m1/s1. The lowest BCUT2D eigenvalue weighted by Gasteiger charge is -2.44. The van der Waals surface area contributed by atoms with Crippen LogP contribution in [0.25, 0.3) is 43.1 Å². The summed E-state index contributed by atoms with van der Waals surface area (Å²) in [6, 6.07) is 56.3. The van der Waals surface area contributed by atoms with Crippen LogP contribution in [0.1, 0.15) is 22.3 Å². The van der Waals surface area contributed by atoms with Crippen LogP contribution < -0.4 is 0 Å². The summed E-state index contributed by atoms with van der Waals surface area (Å²) in [5.74, 6) is 0. The van der Waals surface area contributed by atoms with Gasteiger partial charge in [-0.05, 0) is 65.3 Å². The summed E-state index contributed by atoms with van der Waals surface area (Å²) in [6.07, 6.45) is -2.07. The van der Waals surface area contributed by atoms with Gasteiger partial charge in [0.1, 0.15) is 30.2 Å². The predicted octanol–water partition coefficient (Wildman–Crippen LogP) is 9.21. The zero-order valence-corrected chi connectivity index (χ0v) is 26.7. The third-order valence-corrected chi connectivity index (χ3v) is 10.4. The first-order valence-corrected chi connectivity index (χ1v) is 16.7. The Bertz CT molecular complexity index is 2150. The highest BCUT2D eigenvalue weighted by Crippen LogP contribution is 2.51. The molecule has 1 heterocycles. The number of fused-ring (bicyclic) bond motifs is 4. The van der Waals surface area contributed by atoms with Crippen molar-refractivity contribution in [2.24, 2.45) is 0 Å². The zero-order valence-electron chi connectivity index (χ0n) is 26.7. The van der Waals surface area contributed by atoms with Gasteiger partial charge in [0.25, 0.3) is 0 Å². The molecule has 0 amide bonds. The highest BCUT2D eigenvalue weighted by molar-refractivity contribution is 5.93. The van der Waals surface area contributed by atoms with Crippen LogP contribution in [0.3, 0.4) is 0 Å². The molecule has 4 heteroatoms. The quantitative estimate of drug-likeness (QED) is 0.191. The average Bonchev–Trinajstić information content (AvgIpc) is 3.68. The first kappa shape index (κ1) is 29.8. The smallest absolute Gasteiger partial charge is 0.148 e. The highest BCUT2D eigenvalue weighted by Gasteiger charge is 2.58. The van der Waals surface area contributed by atoms with Crippen LogP contribution >= 0.6 is 0 Å². The molecule has 0 aromatic heterocycles. The first-order chi connectivity index (χ1) is 24.1. The second-order valence-electron chi connectivity index (χ2n) is 12.9. The number of hydrogen-bond acceptors (Lipinski definition) is 4. The van der Waals surface area contributed by atoms with Crippen molar-refractivity contribution in [3.8, 4) is 0 Å². The molecule has 0 spiro atoms. The van der Waals surface area contributed by atoms with E-state index in [-0.39, 0.29) is 6.79 Å². The van der Waals surface area contributed by atoms with E-state index in [1.165, 1.54) is 0 Å². The van der Waals surface area contributed by atoms with Crippen LogP contribution in [-0.2, 0) is 20.7 Å². The molecule has 0 saturated carbocycles. The van der Waals surface area contributed by atoms with Crippen molar-refractivity contribution in [3.63, 3.8) is 0 Å². The monoisotopic (exact) mass is 638 g/mol. The Morgan fingerprint density at radius 1 is 0.347 bits per heavy atom. The Balaban J connectivity index is 1.37. The fourth-order valence-electron chi connectivity index (χ4n) is 8.17. The molecule has 2 N–H and O–H groups in total. The van der Waals surface area contributed by atoms with Crippen LogP contribution in [0.4, 0.5) is 0 Å². The van der Waals surface area contributed by atoms with Gasteiger partial charge in [-0.3, -0.25) is 0 Å². The SMILES string of the molecule is OC(c1cccc2ccccc12)(c1cccc2ccccc12)[C@@H]1OCO[C@H]1C(O)(c1cccc2ccccc12)c1cccc2ccccc12. The van der Waals surface area contributed by atoms with E-state index in [2.05, 4.69) is 0 Å². The third-order valence-electron chi connectivity index (χ3n) is 10.4. The molecule has 0 unspecified atom stereocenters. The van der Waals surface area contributed by atoms with E-state index in [4.69, 9.17) is 9.47 Å². The van der Waals surface area contributed by atoms with Gasteiger partial charge in [0.2, 0.25) is 0 Å². The Morgan fingerprint density at radius 2 is 0.592 bits per heavy atom. The zero-order chi connectivity index (χ0) is 33.0. The average molecular weight is 639 g/mol. The summed E-state index contributed by atoms with van der Waals surface area (Å²) in [4.78, 5) is 0. The van der Waals surface area contributed by atoms with Crippen molar-refractivity contribution in [2.75, 3.05) is 6.79 Å². The van der Waals surface area contributed by atoms with E-state index in [0.29, 0.717) is 22.3 Å². The van der Waals surface area contributed by atoms with E-state index in [9.17, 15) is 10.2 Å². The molecule has 1 aliphatic heterocycles. The molecule has 8 aromatic carbocycles. The topological polar surface area (TPSA) is 58.9 Å². The Morgan fingerprint density at radius 3 is 0.878 bits per heavy atom. The Labute approximate surface area is 284 Å². The number of aliphatic hydroxyl groups is 2. The summed E-state index contributed by atoms with van der Waals surface area (Å²) in [5.41, 5.74) is -0.791. The van der Waals surface area contributed by atoms with Gasteiger partial charge in [-0.1, -0.05) is 170 Å². The predicted molar refractivity (Wildman–Crippen MR) is 196 cm³/mol. The minimum Gasteiger partial charge on any atom is -0.377 e. The molecule has 238 valence electrons. The molecule has 1 aliphatic rings. The number of rotatable bonds is 6. The minimum absolute atomic E-state index is 0.106. The maximum atomic E-state index is 13.8. The van der Waals surface area contributed by atoms with E-state index in [1.54, 1.807) is 0 Å². The summed E-state index contributed by atoms with van der Waals surface area (Å²) in [7, 11) is 0. The van der Waals surface area contributed by atoms with Crippen molar-refractivity contribution in [1.82, 2.24) is 0 Å². The molecule has 0 bridgehead atoms. The third kappa shape index (κ3) is 4.53. The molecule has 9 rings (SSSR count). The molecule has 2 atom stereocenters. The van der Waals surface area contributed by atoms with Gasteiger partial charge >= 0.3 is 0 Å². The summed E-state index contributed by atoms with van der Waals surface area (Å²) >= 11 is 0. The minimum atomic E-state index is -1.76. The number of hydrogen-bond donors (Lipinski definition) is 2. The second kappa shape index (κ2) is 11.7. The van der Waals surface area contributed by atoms with E-state index < -0.39 is 23.4 Å². The summed E-state index contributed by atoms with van der Waals surface area (Å²) in [6.45, 7) is -0.106. The van der Waals surface area contributed by atoms with Gasteiger partial charge in [-0.15, -0.1) is 0 Å². The van der Waals surface area contributed by atoms with Crippen molar-refractivity contribution < 1.29 is 19.7 Å². The van der Waals surface area contributed by atoms with E-state index in [0.717, 1.165) is 43.1 Å². The van der Waals surface area contributed by atoms with E-state index in [1.807, 2.05) is 170 Å². The largest absolute Gasteiger partial charge is 0.377 e. The van der Waals surface area contributed by atoms with Gasteiger partial charge in [-0.2, -0.15) is 0 Å². The van der Waals surface area contributed by atoms with Gasteiger partial charge in [0.15, 0.2) is 0 Å². The first-order valence-electron chi connectivity index (χ1n) is 16.7. The van der Waals surface area contributed by atoms with Gasteiger partial charge in [0.05, 0.1) is 0 Å². The molecule has 0 aliphatic carbocycles. The number of ether oxygens (including phenoxy) is 2. The molecule has 0 radical (unpaired) electrons. The molecule has 1 fully saturated rings. The van der Waals surface area contributed by atoms with Crippen LogP contribution in [-0.4, -0.2) is 29.2 Å². The van der Waals surface area contributed by atoms with Gasteiger partial charge < -0.3 is 19.7 Å². The number of benzene rings is 8. The fraction of sp³-hybridized carbons (Fsp3) is 0.111. The van der Waals surface area contributed by atoms with Crippen LogP contribution in [0.15, 0.2) is 170 Å². The maximum Gasteiger partial charge on any atom is 0.148 e. The lowest BCUT2D eigenvalue weighted by atomic mass is 9.69. The highest BCUT2D eigenvalue weighted by atomic mass is 16.7. The lowest BCUT2D eigenvalue weighted by molar-refractivity contribution is -0.108.